The molecule has 1 aliphatic rings. The molecule has 0 aromatic carbocycles. The molecular weight excluding hydrogens is 136 g/mol. The molecule has 58 valence electrons. The zero-order valence-electron chi connectivity index (χ0n) is 5.58. The van der Waals surface area contributed by atoms with Crippen LogP contribution in [0.2, 0.25) is 0 Å². The molecule has 1 saturated heterocycles. The van der Waals surface area contributed by atoms with Crippen LogP contribution in [0.1, 0.15) is 12.8 Å². The molecule has 0 radical (unpaired) electrons. The van der Waals surface area contributed by atoms with Crippen LogP contribution < -0.4 is 5.32 Å². The number of rotatable bonds is 3. The Morgan fingerprint density at radius 3 is 3.10 bits per heavy atom. The van der Waals surface area contributed by atoms with E-state index >= 15 is 0 Å². The Morgan fingerprint density at radius 2 is 2.60 bits per heavy atom. The Labute approximate surface area is 58.5 Å². The third kappa shape index (κ3) is 2.18. The number of hydrogen-bond donors (Lipinski definition) is 1. The van der Waals surface area contributed by atoms with Gasteiger partial charge < -0.3 is 10.2 Å². The van der Waals surface area contributed by atoms with Crippen molar-refractivity contribution in [1.29, 1.82) is 0 Å². The Bertz CT molecular complexity index is 122. The summed E-state index contributed by atoms with van der Waals surface area (Å²) in [6.45, 7) is 1.14. The van der Waals surface area contributed by atoms with Gasteiger partial charge in [0.15, 0.2) is 0 Å². The summed E-state index contributed by atoms with van der Waals surface area (Å²) in [6.07, 6.45) is 2.07. The van der Waals surface area contributed by atoms with Crippen LogP contribution in [0.4, 0.5) is 0 Å². The van der Waals surface area contributed by atoms with E-state index in [0.717, 1.165) is 19.4 Å². The normalized spacial score (nSPS) is 24.6. The van der Waals surface area contributed by atoms with Crippen LogP contribution in [0.15, 0.2) is 0 Å². The molecule has 1 aliphatic heterocycles. The maximum atomic E-state index is 9.71. The minimum atomic E-state index is -0.750. The molecule has 1 heterocycles. The number of nitrogens with one attached hydrogen (secondary N) is 1. The molecule has 5 heteroatoms. The van der Waals surface area contributed by atoms with Gasteiger partial charge in [-0.3, -0.25) is 0 Å². The van der Waals surface area contributed by atoms with Crippen LogP contribution in [0.25, 0.3) is 0 Å². The zero-order valence-corrected chi connectivity index (χ0v) is 5.58. The average Bonchev–Trinajstić information content (AvgIpc) is 2.34. The van der Waals surface area contributed by atoms with Crippen molar-refractivity contribution < 1.29 is 9.92 Å². The first kappa shape index (κ1) is 7.27. The van der Waals surface area contributed by atoms with Gasteiger partial charge >= 0.3 is 0 Å². The highest BCUT2D eigenvalue weighted by molar-refractivity contribution is 4.72. The largest absolute Gasteiger partial charge is 0.312 e. The van der Waals surface area contributed by atoms with Crippen LogP contribution in [0.5, 0.6) is 0 Å². The van der Waals surface area contributed by atoms with E-state index in [1.165, 1.54) is 0 Å². The summed E-state index contributed by atoms with van der Waals surface area (Å²) in [5.41, 5.74) is 0. The smallest absolute Gasteiger partial charge is 0.294 e. The maximum Gasteiger partial charge on any atom is 0.294 e. The summed E-state index contributed by atoms with van der Waals surface area (Å²) in [6, 6.07) is 0.186. The molecule has 0 bridgehead atoms. The van der Waals surface area contributed by atoms with E-state index in [0.29, 0.717) is 0 Å². The second kappa shape index (κ2) is 3.36. The molecule has 1 unspecified atom stereocenters. The van der Waals surface area contributed by atoms with E-state index in [4.69, 9.17) is 0 Å². The lowest BCUT2D eigenvalue weighted by atomic mass is 10.2. The Hall–Kier alpha value is -0.840. The zero-order chi connectivity index (χ0) is 7.40. The monoisotopic (exact) mass is 146 g/mol. The summed E-state index contributed by atoms with van der Waals surface area (Å²) >= 11 is 0. The second-order valence-electron chi connectivity index (χ2n) is 2.31. The third-order valence-electron chi connectivity index (χ3n) is 1.54. The van der Waals surface area contributed by atoms with Gasteiger partial charge in [-0.1, -0.05) is 0 Å². The summed E-state index contributed by atoms with van der Waals surface area (Å²) < 4.78 is 0. The van der Waals surface area contributed by atoms with Crippen molar-refractivity contribution in [3.63, 3.8) is 0 Å². The Morgan fingerprint density at radius 1 is 1.80 bits per heavy atom. The first-order chi connectivity index (χ1) is 4.79. The fourth-order valence-corrected chi connectivity index (χ4v) is 1.05. The second-order valence-corrected chi connectivity index (χ2v) is 2.31. The number of hydrogen-bond acceptors (Lipinski definition) is 4. The molecule has 0 spiro atoms. The first-order valence-corrected chi connectivity index (χ1v) is 3.30. The average molecular weight is 146 g/mol. The van der Waals surface area contributed by atoms with Crippen LogP contribution in [-0.2, 0) is 4.84 Å². The van der Waals surface area contributed by atoms with Gasteiger partial charge in [0.25, 0.3) is 5.09 Å². The van der Waals surface area contributed by atoms with Crippen molar-refractivity contribution in [2.45, 2.75) is 18.9 Å². The van der Waals surface area contributed by atoms with Gasteiger partial charge in [-0.2, -0.15) is 0 Å². The molecule has 0 aromatic heterocycles. The van der Waals surface area contributed by atoms with Crippen LogP contribution in [-0.4, -0.2) is 24.3 Å². The summed E-state index contributed by atoms with van der Waals surface area (Å²) in [5.74, 6) is 0. The molecule has 0 saturated carbocycles. The molecule has 0 aromatic rings. The summed E-state index contributed by atoms with van der Waals surface area (Å²) in [7, 11) is 0. The van der Waals surface area contributed by atoms with Gasteiger partial charge in [-0.05, 0) is 19.4 Å². The summed E-state index contributed by atoms with van der Waals surface area (Å²) in [4.78, 5) is 13.9. The molecule has 10 heavy (non-hydrogen) atoms. The highest BCUT2D eigenvalue weighted by atomic mass is 16.9. The van der Waals surface area contributed by atoms with Crippen LogP contribution in [0, 0.1) is 10.1 Å². The van der Waals surface area contributed by atoms with E-state index in [1.54, 1.807) is 0 Å². The number of nitrogens with zero attached hydrogens (tertiary/aromatic N) is 1. The maximum absolute atomic E-state index is 9.71. The molecule has 5 nitrogen and oxygen atoms in total. The van der Waals surface area contributed by atoms with Crippen LogP contribution in [0.3, 0.4) is 0 Å². The lowest BCUT2D eigenvalue weighted by Crippen LogP contribution is -2.27. The van der Waals surface area contributed by atoms with Crippen LogP contribution >= 0.6 is 0 Å². The molecule has 1 rings (SSSR count). The minimum Gasteiger partial charge on any atom is -0.312 e. The third-order valence-corrected chi connectivity index (χ3v) is 1.54. The predicted octanol–water partition coefficient (Wildman–Crippen LogP) is -0.0533. The van der Waals surface area contributed by atoms with E-state index < -0.39 is 5.09 Å². The molecule has 0 amide bonds. The standard InChI is InChI=1S/C5H10N2O3/c8-7(9)10-4-5-2-1-3-6-5/h5-6H,1-4H2. The molecule has 1 atom stereocenters. The SMILES string of the molecule is O=[N+]([O-])OCC1CCCN1. The molecule has 1 N–H and O–H groups in total. The van der Waals surface area contributed by atoms with Crippen molar-refractivity contribution in [2.75, 3.05) is 13.2 Å². The highest BCUT2D eigenvalue weighted by Gasteiger charge is 2.14. The lowest BCUT2D eigenvalue weighted by Gasteiger charge is -2.06. The Balaban J connectivity index is 2.07. The van der Waals surface area contributed by atoms with Gasteiger partial charge in [0.1, 0.15) is 6.61 Å². The van der Waals surface area contributed by atoms with Gasteiger partial charge in [-0.15, -0.1) is 10.1 Å². The van der Waals surface area contributed by atoms with E-state index in [1.807, 2.05) is 0 Å². The fraction of sp³-hybridized carbons (Fsp3) is 1.00. The minimum absolute atomic E-state index is 0.186. The van der Waals surface area contributed by atoms with Crippen molar-refractivity contribution >= 4 is 0 Å². The van der Waals surface area contributed by atoms with E-state index in [2.05, 4.69) is 10.2 Å². The van der Waals surface area contributed by atoms with Gasteiger partial charge in [-0.25, -0.2) is 0 Å². The van der Waals surface area contributed by atoms with E-state index in [9.17, 15) is 10.1 Å². The van der Waals surface area contributed by atoms with Crippen molar-refractivity contribution in [3.8, 4) is 0 Å². The van der Waals surface area contributed by atoms with Crippen molar-refractivity contribution in [1.82, 2.24) is 5.32 Å². The van der Waals surface area contributed by atoms with Gasteiger partial charge in [0.05, 0.1) is 0 Å². The summed E-state index contributed by atoms with van der Waals surface area (Å²) in [5, 5.41) is 12.0. The predicted molar refractivity (Wildman–Crippen MR) is 34.0 cm³/mol. The highest BCUT2D eigenvalue weighted by Crippen LogP contribution is 2.04. The first-order valence-electron chi connectivity index (χ1n) is 3.30. The van der Waals surface area contributed by atoms with Crippen molar-refractivity contribution in [2.24, 2.45) is 0 Å². The molecular formula is C5H10N2O3. The van der Waals surface area contributed by atoms with Crippen molar-refractivity contribution in [3.05, 3.63) is 10.1 Å². The fourth-order valence-electron chi connectivity index (χ4n) is 1.05. The Kier molecular flexibility index (Phi) is 2.44. The molecule has 1 fully saturated rings. The molecule has 0 aliphatic carbocycles. The topological polar surface area (TPSA) is 64.4 Å². The lowest BCUT2D eigenvalue weighted by molar-refractivity contribution is -0.758. The quantitative estimate of drug-likeness (QED) is 0.447. The van der Waals surface area contributed by atoms with E-state index in [-0.39, 0.29) is 12.6 Å². The van der Waals surface area contributed by atoms with Gasteiger partial charge in [0, 0.05) is 6.04 Å². The van der Waals surface area contributed by atoms with Gasteiger partial charge in [0.2, 0.25) is 0 Å².